The summed E-state index contributed by atoms with van der Waals surface area (Å²) in [7, 11) is 1.38. The van der Waals surface area contributed by atoms with Gasteiger partial charge in [0.25, 0.3) is 6.43 Å². The van der Waals surface area contributed by atoms with Gasteiger partial charge in [-0.15, -0.1) is 5.10 Å². The van der Waals surface area contributed by atoms with E-state index in [2.05, 4.69) is 10.3 Å². The van der Waals surface area contributed by atoms with Crippen LogP contribution in [-0.2, 0) is 34.5 Å². The number of likely N-dealkylation sites (tertiary alicyclic amines) is 1. The van der Waals surface area contributed by atoms with Crippen LogP contribution in [0, 0.1) is 11.3 Å². The van der Waals surface area contributed by atoms with Crippen molar-refractivity contribution in [2.75, 3.05) is 13.1 Å². The number of carbonyl (C=O) groups excluding carboxylic acids is 2. The summed E-state index contributed by atoms with van der Waals surface area (Å²) < 4.78 is 34.5. The zero-order chi connectivity index (χ0) is 30.3. The summed E-state index contributed by atoms with van der Waals surface area (Å²) in [6, 6.07) is 2.59. The SMILES string of the molecule is C[C@H]1CCC(=O)N1C[C@@H]1c2c(OCc3nnn(C)c3C(F)F)ccc(Cl)c2CCN1C(=O)C1CCCCC1(C)C(=O)O. The summed E-state index contributed by atoms with van der Waals surface area (Å²) in [5, 5.41) is 18.2. The molecule has 2 aliphatic heterocycles. The molecule has 42 heavy (non-hydrogen) atoms. The third-order valence-corrected chi connectivity index (χ3v) is 9.72. The van der Waals surface area contributed by atoms with Crippen LogP contribution in [0.15, 0.2) is 12.1 Å². The first-order valence-corrected chi connectivity index (χ1v) is 14.8. The molecule has 0 radical (unpaired) electrons. The van der Waals surface area contributed by atoms with Crippen LogP contribution in [0.2, 0.25) is 5.02 Å². The van der Waals surface area contributed by atoms with Gasteiger partial charge in [-0.3, -0.25) is 14.4 Å². The zero-order valence-corrected chi connectivity index (χ0v) is 24.7. The van der Waals surface area contributed by atoms with Crippen molar-refractivity contribution < 1.29 is 33.0 Å². The van der Waals surface area contributed by atoms with Crippen molar-refractivity contribution in [3.8, 4) is 5.75 Å². The van der Waals surface area contributed by atoms with Crippen LogP contribution in [0.4, 0.5) is 8.78 Å². The van der Waals surface area contributed by atoms with Crippen molar-refractivity contribution in [1.82, 2.24) is 24.8 Å². The summed E-state index contributed by atoms with van der Waals surface area (Å²) in [6.45, 7) is 3.78. The molecule has 13 heteroatoms. The number of aliphatic carboxylic acids is 1. The van der Waals surface area contributed by atoms with E-state index in [1.165, 1.54) is 7.05 Å². The number of aryl methyl sites for hydroxylation is 1. The van der Waals surface area contributed by atoms with Gasteiger partial charge in [0.1, 0.15) is 23.7 Å². The molecule has 1 aromatic carbocycles. The maximum atomic E-state index is 14.3. The van der Waals surface area contributed by atoms with Crippen LogP contribution in [0.3, 0.4) is 0 Å². The van der Waals surface area contributed by atoms with E-state index in [-0.39, 0.29) is 42.4 Å². The molecule has 2 unspecified atom stereocenters. The molecule has 1 saturated heterocycles. The Labute approximate surface area is 247 Å². The molecular formula is C29H36ClF2N5O5. The average molecular weight is 608 g/mol. The van der Waals surface area contributed by atoms with Gasteiger partial charge in [0.05, 0.1) is 17.4 Å². The van der Waals surface area contributed by atoms with Gasteiger partial charge in [0.2, 0.25) is 11.8 Å². The quantitative estimate of drug-likeness (QED) is 0.462. The molecule has 1 aromatic heterocycles. The van der Waals surface area contributed by atoms with Gasteiger partial charge < -0.3 is 19.6 Å². The standard InChI is InChI=1S/C29H36ClF2N5O5/c1-16-7-10-23(38)37(16)14-21-24-17(11-13-36(21)27(39)18-6-4-5-12-29(18,2)28(40)41)19(30)8-9-22(24)42-15-20-25(26(31)32)35(3)34-33-20/h8-9,16,18,21,26H,4-7,10-15H2,1-3H3,(H,40,41)/t16-,18?,21+,29?/m0/s1. The molecule has 2 fully saturated rings. The number of nitrogens with zero attached hydrogens (tertiary/aromatic N) is 5. The number of fused-ring (bicyclic) bond motifs is 1. The maximum absolute atomic E-state index is 14.3. The van der Waals surface area contributed by atoms with Crippen molar-refractivity contribution in [2.24, 2.45) is 18.4 Å². The van der Waals surface area contributed by atoms with Gasteiger partial charge in [0.15, 0.2) is 0 Å². The molecule has 5 rings (SSSR count). The Bertz CT molecular complexity index is 1390. The van der Waals surface area contributed by atoms with Crippen LogP contribution >= 0.6 is 11.6 Å². The highest BCUT2D eigenvalue weighted by Gasteiger charge is 2.50. The Balaban J connectivity index is 1.55. The largest absolute Gasteiger partial charge is 0.487 e. The van der Waals surface area contributed by atoms with Crippen molar-refractivity contribution in [2.45, 2.75) is 83.9 Å². The van der Waals surface area contributed by atoms with Crippen molar-refractivity contribution in [1.29, 1.82) is 0 Å². The third-order valence-electron chi connectivity index (χ3n) is 9.36. The highest BCUT2D eigenvalue weighted by molar-refractivity contribution is 6.31. The predicted molar refractivity (Wildman–Crippen MR) is 148 cm³/mol. The van der Waals surface area contributed by atoms with Gasteiger partial charge in [-0.25, -0.2) is 13.5 Å². The molecule has 3 heterocycles. The fourth-order valence-corrected chi connectivity index (χ4v) is 7.07. The normalized spacial score (nSPS) is 26.1. The lowest BCUT2D eigenvalue weighted by Gasteiger charge is -2.45. The molecule has 0 bridgehead atoms. The fraction of sp³-hybridized carbons (Fsp3) is 0.621. The number of aromatic nitrogens is 3. The summed E-state index contributed by atoms with van der Waals surface area (Å²) >= 11 is 6.66. The number of carbonyl (C=O) groups is 3. The molecule has 1 aliphatic carbocycles. The second-order valence-electron chi connectivity index (χ2n) is 11.8. The number of carboxylic acid groups (broad SMARTS) is 1. The molecule has 1 saturated carbocycles. The molecule has 10 nitrogen and oxygen atoms in total. The third kappa shape index (κ3) is 5.33. The smallest absolute Gasteiger partial charge is 0.310 e. The lowest BCUT2D eigenvalue weighted by Crippen LogP contribution is -2.53. The fourth-order valence-electron chi connectivity index (χ4n) is 6.81. The first-order chi connectivity index (χ1) is 19.9. The molecule has 2 aromatic rings. The Morgan fingerprint density at radius 2 is 2.00 bits per heavy atom. The lowest BCUT2D eigenvalue weighted by molar-refractivity contribution is -0.162. The molecule has 0 spiro atoms. The van der Waals surface area contributed by atoms with Crippen LogP contribution in [0.25, 0.3) is 0 Å². The predicted octanol–water partition coefficient (Wildman–Crippen LogP) is 4.70. The van der Waals surface area contributed by atoms with Crippen LogP contribution in [0.5, 0.6) is 5.75 Å². The Morgan fingerprint density at radius 1 is 1.24 bits per heavy atom. The summed E-state index contributed by atoms with van der Waals surface area (Å²) in [5.41, 5.74) is -0.223. The number of hydrogen-bond acceptors (Lipinski definition) is 6. The molecule has 228 valence electrons. The van der Waals surface area contributed by atoms with Crippen molar-refractivity contribution in [3.05, 3.63) is 39.7 Å². The summed E-state index contributed by atoms with van der Waals surface area (Å²) in [4.78, 5) is 43.0. The number of carboxylic acids is 1. The topological polar surface area (TPSA) is 118 Å². The number of ether oxygens (including phenoxy) is 1. The molecular weight excluding hydrogens is 572 g/mol. The minimum Gasteiger partial charge on any atom is -0.487 e. The van der Waals surface area contributed by atoms with Gasteiger partial charge in [-0.1, -0.05) is 29.7 Å². The van der Waals surface area contributed by atoms with Crippen molar-refractivity contribution >= 4 is 29.4 Å². The summed E-state index contributed by atoms with van der Waals surface area (Å²) in [6.07, 6.45) is 1.02. The summed E-state index contributed by atoms with van der Waals surface area (Å²) in [5.74, 6) is -1.68. The molecule has 2 amide bonds. The number of hydrogen-bond donors (Lipinski definition) is 1. The second-order valence-corrected chi connectivity index (χ2v) is 12.2. The van der Waals surface area contributed by atoms with Crippen LogP contribution in [-0.4, -0.2) is 66.8 Å². The van der Waals surface area contributed by atoms with E-state index in [0.29, 0.717) is 55.0 Å². The van der Waals surface area contributed by atoms with E-state index in [9.17, 15) is 28.3 Å². The van der Waals surface area contributed by atoms with Crippen molar-refractivity contribution in [3.63, 3.8) is 0 Å². The minimum atomic E-state index is -2.80. The van der Waals surface area contributed by atoms with E-state index in [1.807, 2.05) is 6.92 Å². The van der Waals surface area contributed by atoms with E-state index < -0.39 is 29.8 Å². The van der Waals surface area contributed by atoms with E-state index >= 15 is 0 Å². The molecule has 1 N–H and O–H groups in total. The number of benzene rings is 1. The maximum Gasteiger partial charge on any atom is 0.310 e. The first kappa shape index (κ1) is 30.2. The highest BCUT2D eigenvalue weighted by Crippen LogP contribution is 2.46. The van der Waals surface area contributed by atoms with Gasteiger partial charge >= 0.3 is 5.97 Å². The van der Waals surface area contributed by atoms with Crippen LogP contribution in [0.1, 0.15) is 87.4 Å². The van der Waals surface area contributed by atoms with E-state index in [1.54, 1.807) is 28.9 Å². The number of halogens is 3. The number of rotatable bonds is 8. The lowest BCUT2D eigenvalue weighted by atomic mass is 9.66. The molecule has 4 atom stereocenters. The Hall–Kier alpha value is -3.28. The zero-order valence-electron chi connectivity index (χ0n) is 24.0. The van der Waals surface area contributed by atoms with Gasteiger partial charge in [-0.2, -0.15) is 0 Å². The van der Waals surface area contributed by atoms with Gasteiger partial charge in [0, 0.05) is 43.2 Å². The minimum absolute atomic E-state index is 0.0146. The van der Waals surface area contributed by atoms with E-state index in [0.717, 1.165) is 23.1 Å². The number of alkyl halides is 2. The highest BCUT2D eigenvalue weighted by atomic mass is 35.5. The second kappa shape index (κ2) is 11.8. The Morgan fingerprint density at radius 3 is 2.67 bits per heavy atom. The first-order valence-electron chi connectivity index (χ1n) is 14.4. The average Bonchev–Trinajstić information content (AvgIpc) is 3.49. The van der Waals surface area contributed by atoms with Crippen LogP contribution < -0.4 is 4.74 Å². The monoisotopic (exact) mass is 607 g/mol. The molecule has 3 aliphatic rings. The Kier molecular flexibility index (Phi) is 8.46. The number of amides is 2. The van der Waals surface area contributed by atoms with Gasteiger partial charge in [-0.05, 0) is 57.2 Å². The van der Waals surface area contributed by atoms with E-state index in [4.69, 9.17) is 16.3 Å².